The fourth-order valence-corrected chi connectivity index (χ4v) is 3.33. The highest BCUT2D eigenvalue weighted by atomic mass is 16.3. The maximum absolute atomic E-state index is 12.4. The Labute approximate surface area is 142 Å². The monoisotopic (exact) mass is 328 g/mol. The molecule has 24 heavy (non-hydrogen) atoms. The van der Waals surface area contributed by atoms with Gasteiger partial charge in [-0.1, -0.05) is 24.6 Å². The van der Waals surface area contributed by atoms with Crippen LogP contribution in [0.4, 0.5) is 0 Å². The van der Waals surface area contributed by atoms with Gasteiger partial charge in [-0.15, -0.1) is 10.2 Å². The van der Waals surface area contributed by atoms with Gasteiger partial charge in [0.05, 0.1) is 6.10 Å². The largest absolute Gasteiger partial charge is 0.393 e. The summed E-state index contributed by atoms with van der Waals surface area (Å²) in [5.41, 5.74) is 0.993. The zero-order valence-corrected chi connectivity index (χ0v) is 14.0. The highest BCUT2D eigenvalue weighted by Crippen LogP contribution is 2.26. The molecule has 2 unspecified atom stereocenters. The number of hydrogen-bond donors (Lipinski definition) is 1. The third-order valence-corrected chi connectivity index (χ3v) is 4.77. The van der Waals surface area contributed by atoms with Gasteiger partial charge in [-0.25, -0.2) is 0 Å². The van der Waals surface area contributed by atoms with Crippen molar-refractivity contribution >= 4 is 5.91 Å². The lowest BCUT2D eigenvalue weighted by atomic mass is 10.1. The standard InChI is InChI=1S/C18H24N4O2/c1-21(12-14-6-5-9-16(14)23)18(24)11-10-17-20-19-13-22(17)15-7-3-2-4-8-15/h2-4,7-8,13-14,16,23H,5-6,9-12H2,1H3. The number of hydrogen-bond acceptors (Lipinski definition) is 4. The lowest BCUT2D eigenvalue weighted by Crippen LogP contribution is -2.34. The summed E-state index contributed by atoms with van der Waals surface area (Å²) in [6, 6.07) is 9.87. The minimum absolute atomic E-state index is 0.0803. The highest BCUT2D eigenvalue weighted by molar-refractivity contribution is 5.76. The van der Waals surface area contributed by atoms with E-state index < -0.39 is 0 Å². The second-order valence-corrected chi connectivity index (χ2v) is 6.49. The van der Waals surface area contributed by atoms with Gasteiger partial charge in [0.25, 0.3) is 0 Å². The van der Waals surface area contributed by atoms with Gasteiger partial charge in [0, 0.05) is 38.0 Å². The minimum Gasteiger partial charge on any atom is -0.393 e. The summed E-state index contributed by atoms with van der Waals surface area (Å²) < 4.78 is 1.91. The second-order valence-electron chi connectivity index (χ2n) is 6.49. The normalized spacial score (nSPS) is 20.2. The molecule has 6 nitrogen and oxygen atoms in total. The number of carbonyl (C=O) groups is 1. The van der Waals surface area contributed by atoms with Crippen molar-refractivity contribution in [1.29, 1.82) is 0 Å². The van der Waals surface area contributed by atoms with E-state index in [-0.39, 0.29) is 17.9 Å². The smallest absolute Gasteiger partial charge is 0.222 e. The number of rotatable bonds is 6. The van der Waals surface area contributed by atoms with Crippen molar-refractivity contribution in [2.45, 2.75) is 38.2 Å². The molecule has 3 rings (SSSR count). The second kappa shape index (κ2) is 7.57. The molecule has 1 aromatic carbocycles. The minimum atomic E-state index is -0.263. The molecule has 0 bridgehead atoms. The van der Waals surface area contributed by atoms with Crippen LogP contribution >= 0.6 is 0 Å². The van der Waals surface area contributed by atoms with Crippen molar-refractivity contribution in [3.05, 3.63) is 42.5 Å². The Kier molecular flexibility index (Phi) is 5.25. The Bertz CT molecular complexity index is 671. The van der Waals surface area contributed by atoms with Crippen LogP contribution in [-0.4, -0.2) is 50.4 Å². The summed E-state index contributed by atoms with van der Waals surface area (Å²) in [5, 5.41) is 18.0. The van der Waals surface area contributed by atoms with Crippen LogP contribution in [0.5, 0.6) is 0 Å². The lowest BCUT2D eigenvalue weighted by Gasteiger charge is -2.23. The number of amides is 1. The number of carbonyl (C=O) groups excluding carboxylic acids is 1. The van der Waals surface area contributed by atoms with E-state index in [1.807, 2.05) is 41.9 Å². The first-order valence-electron chi connectivity index (χ1n) is 8.51. The van der Waals surface area contributed by atoms with Gasteiger partial charge in [0.15, 0.2) is 0 Å². The van der Waals surface area contributed by atoms with Gasteiger partial charge in [-0.3, -0.25) is 9.36 Å². The van der Waals surface area contributed by atoms with Crippen LogP contribution in [0.25, 0.3) is 5.69 Å². The van der Waals surface area contributed by atoms with Crippen molar-refractivity contribution in [2.24, 2.45) is 5.92 Å². The lowest BCUT2D eigenvalue weighted by molar-refractivity contribution is -0.130. The topological polar surface area (TPSA) is 71.2 Å². The maximum Gasteiger partial charge on any atom is 0.222 e. The van der Waals surface area contributed by atoms with Gasteiger partial charge in [0.1, 0.15) is 12.2 Å². The van der Waals surface area contributed by atoms with Crippen molar-refractivity contribution in [3.63, 3.8) is 0 Å². The molecular formula is C18H24N4O2. The average molecular weight is 328 g/mol. The van der Waals surface area contributed by atoms with Crippen LogP contribution in [0.15, 0.2) is 36.7 Å². The predicted octanol–water partition coefficient (Wildman–Crippen LogP) is 1.82. The molecule has 1 aromatic heterocycles. The van der Waals surface area contributed by atoms with E-state index in [1.165, 1.54) is 0 Å². The molecule has 128 valence electrons. The molecule has 1 aliphatic carbocycles. The van der Waals surface area contributed by atoms with E-state index in [0.717, 1.165) is 30.8 Å². The summed E-state index contributed by atoms with van der Waals surface area (Å²) in [5.74, 6) is 1.08. The molecule has 1 saturated carbocycles. The van der Waals surface area contributed by atoms with Gasteiger partial charge >= 0.3 is 0 Å². The maximum atomic E-state index is 12.4. The molecule has 2 aromatic rings. The molecule has 0 saturated heterocycles. The zero-order valence-electron chi connectivity index (χ0n) is 14.0. The SMILES string of the molecule is CN(CC1CCCC1O)C(=O)CCc1nncn1-c1ccccc1. The Balaban J connectivity index is 1.56. The van der Waals surface area contributed by atoms with Crippen LogP contribution in [0.3, 0.4) is 0 Å². The van der Waals surface area contributed by atoms with Crippen molar-refractivity contribution < 1.29 is 9.90 Å². The molecule has 1 heterocycles. The van der Waals surface area contributed by atoms with E-state index >= 15 is 0 Å². The van der Waals surface area contributed by atoms with Crippen LogP contribution < -0.4 is 0 Å². The van der Waals surface area contributed by atoms with Crippen molar-refractivity contribution in [2.75, 3.05) is 13.6 Å². The number of aromatic nitrogens is 3. The fraction of sp³-hybridized carbons (Fsp3) is 0.500. The fourth-order valence-electron chi connectivity index (χ4n) is 3.33. The van der Waals surface area contributed by atoms with Crippen LogP contribution in [0.1, 0.15) is 31.5 Å². The van der Waals surface area contributed by atoms with E-state index in [2.05, 4.69) is 10.2 Å². The summed E-state index contributed by atoms with van der Waals surface area (Å²) >= 11 is 0. The third-order valence-electron chi connectivity index (χ3n) is 4.77. The van der Waals surface area contributed by atoms with E-state index in [9.17, 15) is 9.90 Å². The van der Waals surface area contributed by atoms with Crippen LogP contribution in [0, 0.1) is 5.92 Å². The number of aliphatic hydroxyl groups is 1. The highest BCUT2D eigenvalue weighted by Gasteiger charge is 2.27. The first-order chi connectivity index (χ1) is 11.6. The van der Waals surface area contributed by atoms with Crippen molar-refractivity contribution in [3.8, 4) is 5.69 Å². The number of nitrogens with zero attached hydrogens (tertiary/aromatic N) is 4. The number of aliphatic hydroxyl groups excluding tert-OH is 1. The predicted molar refractivity (Wildman–Crippen MR) is 90.7 cm³/mol. The number of para-hydroxylation sites is 1. The Morgan fingerprint density at radius 2 is 2.12 bits per heavy atom. The van der Waals surface area contributed by atoms with Gasteiger partial charge in [-0.2, -0.15) is 0 Å². The molecule has 1 fully saturated rings. The summed E-state index contributed by atoms with van der Waals surface area (Å²) in [6.45, 7) is 0.630. The molecule has 0 radical (unpaired) electrons. The molecule has 1 aliphatic rings. The quantitative estimate of drug-likeness (QED) is 0.878. The van der Waals surface area contributed by atoms with Gasteiger partial charge < -0.3 is 10.0 Å². The molecule has 0 spiro atoms. The molecule has 0 aliphatic heterocycles. The first-order valence-corrected chi connectivity index (χ1v) is 8.51. The Morgan fingerprint density at radius 3 is 2.83 bits per heavy atom. The van der Waals surface area contributed by atoms with E-state index in [0.29, 0.717) is 19.4 Å². The van der Waals surface area contributed by atoms with Crippen LogP contribution in [-0.2, 0) is 11.2 Å². The van der Waals surface area contributed by atoms with Crippen LogP contribution in [0.2, 0.25) is 0 Å². The van der Waals surface area contributed by atoms with Gasteiger partial charge in [-0.05, 0) is 25.0 Å². The molecular weight excluding hydrogens is 304 g/mol. The molecule has 1 N–H and O–H groups in total. The van der Waals surface area contributed by atoms with Crippen molar-refractivity contribution in [1.82, 2.24) is 19.7 Å². The number of aryl methyl sites for hydroxylation is 1. The van der Waals surface area contributed by atoms with Gasteiger partial charge in [0.2, 0.25) is 5.91 Å². The van der Waals surface area contributed by atoms with E-state index in [4.69, 9.17) is 0 Å². The Morgan fingerprint density at radius 1 is 1.33 bits per heavy atom. The number of benzene rings is 1. The summed E-state index contributed by atoms with van der Waals surface area (Å²) in [4.78, 5) is 14.1. The molecule has 2 atom stereocenters. The third kappa shape index (κ3) is 3.82. The molecule has 6 heteroatoms. The summed E-state index contributed by atoms with van der Waals surface area (Å²) in [6.07, 6.45) is 5.26. The summed E-state index contributed by atoms with van der Waals surface area (Å²) in [7, 11) is 1.81. The zero-order chi connectivity index (χ0) is 16.9. The molecule has 1 amide bonds. The average Bonchev–Trinajstić information content (AvgIpc) is 3.22. The first kappa shape index (κ1) is 16.6. The van der Waals surface area contributed by atoms with E-state index in [1.54, 1.807) is 11.2 Å². The Hall–Kier alpha value is -2.21.